The Morgan fingerprint density at radius 3 is 2.26 bits per heavy atom. The Balaban J connectivity index is 1.64. The fourth-order valence-electron chi connectivity index (χ4n) is 4.44. The zero-order chi connectivity index (χ0) is 24.9. The van der Waals surface area contributed by atoms with Gasteiger partial charge in [-0.05, 0) is 91.6 Å². The Morgan fingerprint density at radius 2 is 1.60 bits per heavy atom. The van der Waals surface area contributed by atoms with Crippen LogP contribution in [0.4, 0.5) is 5.69 Å². The second-order valence-electron chi connectivity index (χ2n) is 8.60. The van der Waals surface area contributed by atoms with Crippen molar-refractivity contribution in [3.8, 4) is 23.0 Å². The average molecular weight is 493 g/mol. The molecule has 0 aliphatic carbocycles. The van der Waals surface area contributed by atoms with Crippen molar-refractivity contribution >= 4 is 23.0 Å². The predicted octanol–water partition coefficient (Wildman–Crippen LogP) is 5.70. The Bertz CT molecular complexity index is 1200. The molecule has 0 spiro atoms. The molecule has 1 atom stereocenters. The molecule has 7 heteroatoms. The van der Waals surface area contributed by atoms with Gasteiger partial charge in [-0.25, -0.2) is 0 Å². The van der Waals surface area contributed by atoms with Gasteiger partial charge < -0.3 is 29.2 Å². The van der Waals surface area contributed by atoms with Crippen molar-refractivity contribution in [3.05, 3.63) is 76.9 Å². The Kier molecular flexibility index (Phi) is 7.66. The highest BCUT2D eigenvalue weighted by atomic mass is 32.1. The molecule has 4 rings (SSSR count). The standard InChI is InChI=1S/C28H32N2O4S/c1-18-6-11-24(19(2)14-18)29-28(35)30-13-12-20-15-26(32-4)27(33-5)16-23(20)25(30)17-34-22-9-7-21(31-3)8-10-22/h6-11,14-16,25H,12-13,17H2,1-5H3,(H,29,35). The second-order valence-corrected chi connectivity index (χ2v) is 8.99. The van der Waals surface area contributed by atoms with Crippen molar-refractivity contribution in [3.63, 3.8) is 0 Å². The van der Waals surface area contributed by atoms with Crippen molar-refractivity contribution < 1.29 is 18.9 Å². The summed E-state index contributed by atoms with van der Waals surface area (Å²) in [6, 6.07) is 17.9. The first-order valence-electron chi connectivity index (χ1n) is 11.6. The maximum atomic E-state index is 6.25. The summed E-state index contributed by atoms with van der Waals surface area (Å²) in [7, 11) is 4.96. The molecule has 1 N–H and O–H groups in total. The largest absolute Gasteiger partial charge is 0.497 e. The lowest BCUT2D eigenvalue weighted by Gasteiger charge is -2.39. The van der Waals surface area contributed by atoms with Crippen molar-refractivity contribution in [1.29, 1.82) is 0 Å². The second kappa shape index (κ2) is 10.9. The van der Waals surface area contributed by atoms with E-state index < -0.39 is 0 Å². The first kappa shape index (κ1) is 24.7. The van der Waals surface area contributed by atoms with Gasteiger partial charge in [0.15, 0.2) is 16.6 Å². The number of aryl methyl sites for hydroxylation is 2. The number of rotatable bonds is 7. The molecule has 3 aromatic rings. The van der Waals surface area contributed by atoms with Crippen LogP contribution in [-0.4, -0.2) is 44.5 Å². The zero-order valence-corrected chi connectivity index (χ0v) is 21.7. The van der Waals surface area contributed by atoms with Crippen LogP contribution in [0, 0.1) is 13.8 Å². The molecule has 35 heavy (non-hydrogen) atoms. The van der Waals surface area contributed by atoms with E-state index in [1.54, 1.807) is 21.3 Å². The number of ether oxygens (including phenoxy) is 4. The van der Waals surface area contributed by atoms with Gasteiger partial charge in [-0.1, -0.05) is 17.7 Å². The van der Waals surface area contributed by atoms with Crippen LogP contribution in [0.15, 0.2) is 54.6 Å². The molecule has 3 aromatic carbocycles. The van der Waals surface area contributed by atoms with E-state index in [-0.39, 0.29) is 6.04 Å². The van der Waals surface area contributed by atoms with Gasteiger partial charge in [0.05, 0.1) is 27.4 Å². The van der Waals surface area contributed by atoms with Gasteiger partial charge in [0.1, 0.15) is 18.1 Å². The third kappa shape index (κ3) is 5.46. The molecule has 184 valence electrons. The lowest BCUT2D eigenvalue weighted by molar-refractivity contribution is 0.190. The molecule has 0 saturated carbocycles. The predicted molar refractivity (Wildman–Crippen MR) is 143 cm³/mol. The fraction of sp³-hybridized carbons (Fsp3) is 0.321. The number of benzene rings is 3. The smallest absolute Gasteiger partial charge is 0.174 e. The van der Waals surface area contributed by atoms with E-state index in [2.05, 4.69) is 48.3 Å². The fourth-order valence-corrected chi connectivity index (χ4v) is 4.77. The van der Waals surface area contributed by atoms with Crippen LogP contribution in [0.2, 0.25) is 0 Å². The SMILES string of the molecule is COc1ccc(OCC2c3cc(OC)c(OC)cc3CCN2C(=S)Nc2ccc(C)cc2C)cc1. The summed E-state index contributed by atoms with van der Waals surface area (Å²) >= 11 is 5.91. The topological polar surface area (TPSA) is 52.2 Å². The monoisotopic (exact) mass is 492 g/mol. The number of hydrogen-bond acceptors (Lipinski definition) is 5. The molecular weight excluding hydrogens is 460 g/mol. The van der Waals surface area contributed by atoms with E-state index >= 15 is 0 Å². The molecule has 0 saturated heterocycles. The van der Waals surface area contributed by atoms with Gasteiger partial charge in [-0.2, -0.15) is 0 Å². The van der Waals surface area contributed by atoms with E-state index in [9.17, 15) is 0 Å². The van der Waals surface area contributed by atoms with E-state index in [0.29, 0.717) is 17.5 Å². The van der Waals surface area contributed by atoms with Gasteiger partial charge in [0.2, 0.25) is 0 Å². The highest BCUT2D eigenvalue weighted by Gasteiger charge is 2.31. The van der Waals surface area contributed by atoms with E-state index in [1.165, 1.54) is 11.1 Å². The van der Waals surface area contributed by atoms with Crippen LogP contribution in [0.3, 0.4) is 0 Å². The number of nitrogens with zero attached hydrogens (tertiary/aromatic N) is 1. The summed E-state index contributed by atoms with van der Waals surface area (Å²) in [5.74, 6) is 2.98. The molecule has 1 heterocycles. The Hall–Kier alpha value is -3.45. The average Bonchev–Trinajstić information content (AvgIpc) is 2.88. The molecule has 0 amide bonds. The Morgan fingerprint density at radius 1 is 0.914 bits per heavy atom. The van der Waals surface area contributed by atoms with Gasteiger partial charge >= 0.3 is 0 Å². The molecule has 0 aromatic heterocycles. The van der Waals surface area contributed by atoms with Crippen molar-refractivity contribution in [1.82, 2.24) is 4.90 Å². The summed E-state index contributed by atoms with van der Waals surface area (Å²) in [6.45, 7) is 5.36. The normalized spacial score (nSPS) is 14.7. The third-order valence-electron chi connectivity index (χ3n) is 6.35. The number of nitrogens with one attached hydrogen (secondary N) is 1. The number of anilines is 1. The van der Waals surface area contributed by atoms with Gasteiger partial charge in [0.25, 0.3) is 0 Å². The van der Waals surface area contributed by atoms with E-state index in [0.717, 1.165) is 47.0 Å². The minimum absolute atomic E-state index is 0.105. The molecule has 6 nitrogen and oxygen atoms in total. The van der Waals surface area contributed by atoms with Crippen LogP contribution in [0.1, 0.15) is 28.3 Å². The maximum absolute atomic E-state index is 6.25. The lowest BCUT2D eigenvalue weighted by Crippen LogP contribution is -2.44. The molecule has 1 unspecified atom stereocenters. The molecular formula is C28H32N2O4S. The summed E-state index contributed by atoms with van der Waals surface area (Å²) in [4.78, 5) is 2.20. The third-order valence-corrected chi connectivity index (χ3v) is 6.69. The first-order chi connectivity index (χ1) is 16.9. The van der Waals surface area contributed by atoms with Crippen LogP contribution in [-0.2, 0) is 6.42 Å². The van der Waals surface area contributed by atoms with Gasteiger partial charge in [0, 0.05) is 12.2 Å². The van der Waals surface area contributed by atoms with Crippen molar-refractivity contribution in [2.45, 2.75) is 26.3 Å². The lowest BCUT2D eigenvalue weighted by atomic mass is 9.92. The summed E-state index contributed by atoms with van der Waals surface area (Å²) in [5, 5.41) is 4.13. The number of thiocarbonyl (C=S) groups is 1. The Labute approximate surface area is 212 Å². The zero-order valence-electron chi connectivity index (χ0n) is 20.9. The van der Waals surface area contributed by atoms with Crippen LogP contribution >= 0.6 is 12.2 Å². The van der Waals surface area contributed by atoms with E-state index in [4.69, 9.17) is 31.2 Å². The maximum Gasteiger partial charge on any atom is 0.174 e. The van der Waals surface area contributed by atoms with Gasteiger partial charge in [-0.3, -0.25) is 0 Å². The first-order valence-corrected chi connectivity index (χ1v) is 12.0. The van der Waals surface area contributed by atoms with Crippen molar-refractivity contribution in [2.24, 2.45) is 0 Å². The highest BCUT2D eigenvalue weighted by Crippen LogP contribution is 2.39. The van der Waals surface area contributed by atoms with Crippen LogP contribution in [0.5, 0.6) is 23.0 Å². The van der Waals surface area contributed by atoms with Gasteiger partial charge in [-0.15, -0.1) is 0 Å². The summed E-state index contributed by atoms with van der Waals surface area (Å²) < 4.78 is 22.7. The molecule has 0 radical (unpaired) electrons. The summed E-state index contributed by atoms with van der Waals surface area (Å²) in [5.41, 5.74) is 5.71. The number of hydrogen-bond donors (Lipinski definition) is 1. The molecule has 1 aliphatic rings. The molecule has 0 bridgehead atoms. The number of methoxy groups -OCH3 is 3. The van der Waals surface area contributed by atoms with E-state index in [1.807, 2.05) is 30.3 Å². The van der Waals surface area contributed by atoms with Crippen LogP contribution < -0.4 is 24.3 Å². The quantitative estimate of drug-likeness (QED) is 0.424. The minimum Gasteiger partial charge on any atom is -0.497 e. The minimum atomic E-state index is -0.105. The van der Waals surface area contributed by atoms with Crippen molar-refractivity contribution in [2.75, 3.05) is 39.8 Å². The number of fused-ring (bicyclic) bond motifs is 1. The van der Waals surface area contributed by atoms with Crippen LogP contribution in [0.25, 0.3) is 0 Å². The molecule has 0 fully saturated rings. The highest BCUT2D eigenvalue weighted by molar-refractivity contribution is 7.80. The molecule has 1 aliphatic heterocycles. The summed E-state index contributed by atoms with van der Waals surface area (Å²) in [6.07, 6.45) is 0.837.